The Kier molecular flexibility index (Phi) is 5.25. The van der Waals surface area contributed by atoms with Crippen molar-refractivity contribution in [3.63, 3.8) is 0 Å². The second-order valence-corrected chi connectivity index (χ2v) is 8.89. The summed E-state index contributed by atoms with van der Waals surface area (Å²) in [5, 5.41) is 0. The van der Waals surface area contributed by atoms with E-state index in [1.54, 1.807) is 13.8 Å². The number of carbonyl (C=O) groups excluding carboxylic acids is 2. The summed E-state index contributed by atoms with van der Waals surface area (Å²) in [6.07, 6.45) is 0. The quantitative estimate of drug-likeness (QED) is 0.728. The summed E-state index contributed by atoms with van der Waals surface area (Å²) in [7, 11) is 0. The summed E-state index contributed by atoms with van der Waals surface area (Å²) in [6, 6.07) is 0. The number of hydrogen-bond acceptors (Lipinski definition) is 2. The second kappa shape index (κ2) is 5.09. The van der Waals surface area contributed by atoms with E-state index in [-0.39, 0.29) is 11.6 Å². The third-order valence-corrected chi connectivity index (χ3v) is 9.28. The summed E-state index contributed by atoms with van der Waals surface area (Å²) >= 11 is -1.04. The summed E-state index contributed by atoms with van der Waals surface area (Å²) in [5.41, 5.74) is 0. The van der Waals surface area contributed by atoms with Crippen LogP contribution in [-0.4, -0.2) is 11.6 Å². The molecule has 0 fully saturated rings. The van der Waals surface area contributed by atoms with Gasteiger partial charge in [0.05, 0.1) is 0 Å². The van der Waals surface area contributed by atoms with Gasteiger partial charge < -0.3 is 0 Å². The van der Waals surface area contributed by atoms with Crippen LogP contribution in [0.5, 0.6) is 0 Å². The van der Waals surface area contributed by atoms with Crippen molar-refractivity contribution in [3.05, 3.63) is 0 Å². The third-order valence-electron chi connectivity index (χ3n) is 1.06. The monoisotopic (exact) mass is 316 g/mol. The Morgan fingerprint density at radius 3 is 1.67 bits per heavy atom. The maximum atomic E-state index is 10.4. The predicted octanol–water partition coefficient (Wildman–Crippen LogP) is 1.08. The molecule has 0 saturated carbocycles. The van der Waals surface area contributed by atoms with Crippen LogP contribution < -0.4 is 0 Å². The first kappa shape index (κ1) is 9.28. The Balaban J connectivity index is 3.10. The molecule has 0 heterocycles. The fourth-order valence-corrected chi connectivity index (χ4v) is 5.14. The van der Waals surface area contributed by atoms with E-state index in [1.807, 2.05) is 0 Å². The molecule has 0 spiro atoms. The average Bonchev–Trinajstić information content (AvgIpc) is 1.63. The van der Waals surface area contributed by atoms with E-state index >= 15 is 0 Å². The van der Waals surface area contributed by atoms with Gasteiger partial charge in [0.1, 0.15) is 0 Å². The van der Waals surface area contributed by atoms with E-state index in [0.717, 1.165) is 7.86 Å². The van der Waals surface area contributed by atoms with Crippen molar-refractivity contribution < 1.29 is 34.2 Å². The van der Waals surface area contributed by atoms with Crippen LogP contribution in [0, 0.1) is 0 Å². The molecule has 0 bridgehead atoms. The van der Waals surface area contributed by atoms with E-state index in [2.05, 4.69) is 0 Å². The van der Waals surface area contributed by atoms with Crippen LogP contribution in [-0.2, 0) is 34.2 Å². The van der Waals surface area contributed by atoms with Gasteiger partial charge in [0.2, 0.25) is 0 Å². The molecule has 9 heavy (non-hydrogen) atoms. The Hall–Kier alpha value is 0.275. The van der Waals surface area contributed by atoms with Gasteiger partial charge in [0.25, 0.3) is 0 Å². The number of carbonyl (C=O) groups is 2. The van der Waals surface area contributed by atoms with Gasteiger partial charge in [-0.2, -0.15) is 0 Å². The van der Waals surface area contributed by atoms with Crippen molar-refractivity contribution in [1.82, 2.24) is 0 Å². The summed E-state index contributed by atoms with van der Waals surface area (Å²) < 4.78 is 1.53. The molecule has 0 unspecified atom stereocenters. The van der Waals surface area contributed by atoms with Crippen molar-refractivity contribution in [3.8, 4) is 0 Å². The Bertz CT molecular complexity index is 106. The molecule has 3 heteroatoms. The molecule has 0 aromatic rings. The molecule has 0 aromatic carbocycles. The molecular weight excluding hydrogens is 305 g/mol. The third kappa shape index (κ3) is 8.28. The van der Waals surface area contributed by atoms with Crippen LogP contribution >= 0.6 is 0 Å². The summed E-state index contributed by atoms with van der Waals surface area (Å²) in [4.78, 5) is 20.7. The fraction of sp³-hybridized carbons (Fsp3) is 0.667. The first-order valence-electron chi connectivity index (χ1n) is 3.12. The number of hydrogen-bond donors (Lipinski definition) is 0. The molecule has 0 aliphatic rings. The molecule has 0 saturated heterocycles. The zero-order chi connectivity index (χ0) is 7.28. The standard InChI is InChI=1S/2C3H5O.Hg/c2*1-3(2)4;/h2*1H2,2H3;. The second-order valence-electron chi connectivity index (χ2n) is 2.26. The minimum atomic E-state index is -1.04. The SMILES string of the molecule is CC(=O)[CH2][Hg][CH2]C(C)=O. The first-order chi connectivity index (χ1) is 4.13. The molecule has 0 aliphatic heterocycles. The zero-order valence-electron chi connectivity index (χ0n) is 5.94. The molecule has 0 N–H and O–H groups in total. The molecule has 0 atom stereocenters. The minimum absolute atomic E-state index is 0.262. The maximum absolute atomic E-state index is 10.4. The van der Waals surface area contributed by atoms with Gasteiger partial charge in [-0.15, -0.1) is 0 Å². The molecule has 0 rings (SSSR count). The fourth-order valence-electron chi connectivity index (χ4n) is 0.586. The van der Waals surface area contributed by atoms with Crippen molar-refractivity contribution in [2.75, 3.05) is 0 Å². The molecule has 0 aliphatic carbocycles. The zero-order valence-corrected chi connectivity index (χ0v) is 11.4. The van der Waals surface area contributed by atoms with E-state index < -0.39 is 24.6 Å². The van der Waals surface area contributed by atoms with Crippen LogP contribution in [0.25, 0.3) is 0 Å². The first-order valence-corrected chi connectivity index (χ1v) is 10.9. The van der Waals surface area contributed by atoms with E-state index in [9.17, 15) is 9.59 Å². The number of ketones is 2. The van der Waals surface area contributed by atoms with Gasteiger partial charge in [-0.05, 0) is 0 Å². The number of Topliss-reactive ketones (excluding diaryl/α,β-unsaturated/α-hetero) is 2. The van der Waals surface area contributed by atoms with Crippen LogP contribution in [0.4, 0.5) is 0 Å². The molecule has 0 radical (unpaired) electrons. The Morgan fingerprint density at radius 2 is 1.44 bits per heavy atom. The van der Waals surface area contributed by atoms with Gasteiger partial charge in [-0.25, -0.2) is 0 Å². The van der Waals surface area contributed by atoms with Crippen LogP contribution in [0.2, 0.25) is 7.86 Å². The summed E-state index contributed by atoms with van der Waals surface area (Å²) in [6.45, 7) is 3.19. The van der Waals surface area contributed by atoms with Crippen molar-refractivity contribution in [1.29, 1.82) is 0 Å². The topological polar surface area (TPSA) is 34.1 Å². The molecule has 48 valence electrons. The van der Waals surface area contributed by atoms with Crippen LogP contribution in [0.1, 0.15) is 13.8 Å². The van der Waals surface area contributed by atoms with Crippen molar-refractivity contribution in [2.45, 2.75) is 21.7 Å². The predicted molar refractivity (Wildman–Crippen MR) is 31.0 cm³/mol. The van der Waals surface area contributed by atoms with Crippen LogP contribution in [0.3, 0.4) is 0 Å². The molecule has 0 amide bonds. The summed E-state index contributed by atoms with van der Waals surface area (Å²) in [5.74, 6) is 0.524. The van der Waals surface area contributed by atoms with Gasteiger partial charge in [0.15, 0.2) is 0 Å². The Labute approximate surface area is 67.4 Å². The molecular formula is C6H10HgO2. The van der Waals surface area contributed by atoms with Gasteiger partial charge in [-0.1, -0.05) is 0 Å². The Morgan fingerprint density at radius 1 is 1.11 bits per heavy atom. The van der Waals surface area contributed by atoms with E-state index in [0.29, 0.717) is 0 Å². The van der Waals surface area contributed by atoms with Gasteiger partial charge >= 0.3 is 67.4 Å². The van der Waals surface area contributed by atoms with Crippen molar-refractivity contribution in [2.24, 2.45) is 0 Å². The molecule has 0 aromatic heterocycles. The van der Waals surface area contributed by atoms with Crippen LogP contribution in [0.15, 0.2) is 0 Å². The number of rotatable bonds is 4. The van der Waals surface area contributed by atoms with E-state index in [1.165, 1.54) is 0 Å². The van der Waals surface area contributed by atoms with Crippen molar-refractivity contribution >= 4 is 11.6 Å². The normalized spacial score (nSPS) is 8.22. The average molecular weight is 315 g/mol. The van der Waals surface area contributed by atoms with Gasteiger partial charge in [0, 0.05) is 0 Å². The van der Waals surface area contributed by atoms with Gasteiger partial charge in [-0.3, -0.25) is 0 Å². The molecule has 2 nitrogen and oxygen atoms in total. The van der Waals surface area contributed by atoms with E-state index in [4.69, 9.17) is 0 Å².